The van der Waals surface area contributed by atoms with Crippen molar-refractivity contribution >= 4 is 0 Å². The molecule has 0 fully saturated rings. The molecule has 0 aliphatic carbocycles. The SMILES string of the molecule is CC(C)NCc1cc2c(cc1OCCOCCO)OCO2. The highest BCUT2D eigenvalue weighted by atomic mass is 16.7. The lowest BCUT2D eigenvalue weighted by atomic mass is 10.1. The lowest BCUT2D eigenvalue weighted by molar-refractivity contribution is 0.0702. The standard InChI is InChI=1S/C15H23NO5/c1-11(2)16-9-12-7-14-15(21-10-20-14)8-13(12)19-6-5-18-4-3-17/h7-8,11,16-17H,3-6,9-10H2,1-2H3. The second-order valence-corrected chi connectivity index (χ2v) is 5.03. The Kier molecular flexibility index (Phi) is 6.10. The minimum absolute atomic E-state index is 0.0214. The summed E-state index contributed by atoms with van der Waals surface area (Å²) in [6.07, 6.45) is 0. The van der Waals surface area contributed by atoms with Crippen LogP contribution < -0.4 is 19.5 Å². The molecule has 0 spiro atoms. The molecule has 0 unspecified atom stereocenters. The van der Waals surface area contributed by atoms with Crippen molar-refractivity contribution in [2.24, 2.45) is 0 Å². The highest BCUT2D eigenvalue weighted by Crippen LogP contribution is 2.38. The van der Waals surface area contributed by atoms with Gasteiger partial charge in [-0.05, 0) is 6.07 Å². The molecule has 0 saturated heterocycles. The lowest BCUT2D eigenvalue weighted by Crippen LogP contribution is -2.22. The van der Waals surface area contributed by atoms with Gasteiger partial charge in [0.1, 0.15) is 12.4 Å². The van der Waals surface area contributed by atoms with Gasteiger partial charge in [0.15, 0.2) is 11.5 Å². The number of rotatable bonds is 9. The van der Waals surface area contributed by atoms with E-state index >= 15 is 0 Å². The van der Waals surface area contributed by atoms with Crippen LogP contribution in [0.5, 0.6) is 17.2 Å². The number of ether oxygens (including phenoxy) is 4. The topological polar surface area (TPSA) is 69.2 Å². The monoisotopic (exact) mass is 297 g/mol. The predicted molar refractivity (Wildman–Crippen MR) is 77.9 cm³/mol. The van der Waals surface area contributed by atoms with E-state index in [2.05, 4.69) is 19.2 Å². The van der Waals surface area contributed by atoms with Crippen molar-refractivity contribution in [3.05, 3.63) is 17.7 Å². The van der Waals surface area contributed by atoms with Gasteiger partial charge in [-0.25, -0.2) is 0 Å². The summed E-state index contributed by atoms with van der Waals surface area (Å²) in [4.78, 5) is 0. The Hall–Kier alpha value is -1.50. The minimum Gasteiger partial charge on any atom is -0.491 e. The van der Waals surface area contributed by atoms with Crippen LogP contribution >= 0.6 is 0 Å². The molecule has 21 heavy (non-hydrogen) atoms. The normalized spacial score (nSPS) is 13.0. The fourth-order valence-corrected chi connectivity index (χ4v) is 1.93. The molecule has 6 heteroatoms. The zero-order valence-corrected chi connectivity index (χ0v) is 12.6. The second-order valence-electron chi connectivity index (χ2n) is 5.03. The quantitative estimate of drug-likeness (QED) is 0.670. The van der Waals surface area contributed by atoms with Gasteiger partial charge in [0.05, 0.1) is 19.8 Å². The molecule has 2 N–H and O–H groups in total. The van der Waals surface area contributed by atoms with Gasteiger partial charge < -0.3 is 29.4 Å². The van der Waals surface area contributed by atoms with Crippen LogP contribution in [0.25, 0.3) is 0 Å². The Labute approximate surface area is 125 Å². The van der Waals surface area contributed by atoms with Gasteiger partial charge in [-0.2, -0.15) is 0 Å². The molecule has 6 nitrogen and oxygen atoms in total. The molecule has 1 aliphatic heterocycles. The van der Waals surface area contributed by atoms with Crippen LogP contribution in [0.15, 0.2) is 12.1 Å². The van der Waals surface area contributed by atoms with Crippen molar-refractivity contribution < 1.29 is 24.1 Å². The summed E-state index contributed by atoms with van der Waals surface area (Å²) in [5.74, 6) is 2.22. The molecule has 0 atom stereocenters. The molecule has 2 rings (SSSR count). The Morgan fingerprint density at radius 3 is 2.67 bits per heavy atom. The number of aliphatic hydroxyl groups excluding tert-OH is 1. The van der Waals surface area contributed by atoms with Crippen molar-refractivity contribution in [3.63, 3.8) is 0 Å². The number of fused-ring (bicyclic) bond motifs is 1. The Balaban J connectivity index is 1.98. The van der Waals surface area contributed by atoms with Crippen molar-refractivity contribution in [1.82, 2.24) is 5.32 Å². The van der Waals surface area contributed by atoms with E-state index in [0.29, 0.717) is 38.2 Å². The van der Waals surface area contributed by atoms with Gasteiger partial charge >= 0.3 is 0 Å². The molecular weight excluding hydrogens is 274 g/mol. The fourth-order valence-electron chi connectivity index (χ4n) is 1.93. The van der Waals surface area contributed by atoms with Crippen LogP contribution in [0.3, 0.4) is 0 Å². The maximum absolute atomic E-state index is 8.65. The molecule has 1 heterocycles. The van der Waals surface area contributed by atoms with E-state index in [-0.39, 0.29) is 13.4 Å². The van der Waals surface area contributed by atoms with E-state index in [1.165, 1.54) is 0 Å². The first-order chi connectivity index (χ1) is 10.2. The first-order valence-electron chi connectivity index (χ1n) is 7.18. The summed E-state index contributed by atoms with van der Waals surface area (Å²) in [5, 5.41) is 12.0. The van der Waals surface area contributed by atoms with Crippen LogP contribution in [0.2, 0.25) is 0 Å². The summed E-state index contributed by atoms with van der Waals surface area (Å²) in [7, 11) is 0. The van der Waals surface area contributed by atoms with Gasteiger partial charge in [-0.3, -0.25) is 0 Å². The highest BCUT2D eigenvalue weighted by molar-refractivity contribution is 5.51. The molecule has 1 aromatic rings. The molecule has 0 radical (unpaired) electrons. The van der Waals surface area contributed by atoms with Crippen LogP contribution in [-0.4, -0.2) is 44.4 Å². The van der Waals surface area contributed by atoms with Crippen molar-refractivity contribution in [3.8, 4) is 17.2 Å². The van der Waals surface area contributed by atoms with Crippen LogP contribution in [-0.2, 0) is 11.3 Å². The smallest absolute Gasteiger partial charge is 0.231 e. The van der Waals surface area contributed by atoms with Crippen LogP contribution in [0.1, 0.15) is 19.4 Å². The molecule has 1 aliphatic rings. The number of hydrogen-bond donors (Lipinski definition) is 2. The van der Waals surface area contributed by atoms with E-state index in [4.69, 9.17) is 24.1 Å². The average Bonchev–Trinajstić information content (AvgIpc) is 2.91. The maximum Gasteiger partial charge on any atom is 0.231 e. The molecule has 118 valence electrons. The van der Waals surface area contributed by atoms with Gasteiger partial charge in [0.2, 0.25) is 6.79 Å². The number of aliphatic hydroxyl groups is 1. The van der Waals surface area contributed by atoms with Crippen molar-refractivity contribution in [1.29, 1.82) is 0 Å². The third kappa shape index (κ3) is 4.77. The van der Waals surface area contributed by atoms with Gasteiger partial charge in [0, 0.05) is 24.2 Å². The zero-order chi connectivity index (χ0) is 15.1. The van der Waals surface area contributed by atoms with E-state index in [0.717, 1.165) is 17.1 Å². The predicted octanol–water partition coefficient (Wildman–Crippen LogP) is 1.30. The van der Waals surface area contributed by atoms with Crippen LogP contribution in [0.4, 0.5) is 0 Å². The second kappa shape index (κ2) is 8.07. The van der Waals surface area contributed by atoms with Crippen LogP contribution in [0, 0.1) is 0 Å². The van der Waals surface area contributed by atoms with Gasteiger partial charge in [0.25, 0.3) is 0 Å². The third-order valence-corrected chi connectivity index (χ3v) is 2.98. The summed E-state index contributed by atoms with van der Waals surface area (Å²) in [5.41, 5.74) is 1.02. The molecular formula is C15H23NO5. The largest absolute Gasteiger partial charge is 0.491 e. The third-order valence-electron chi connectivity index (χ3n) is 2.98. The number of hydrogen-bond acceptors (Lipinski definition) is 6. The summed E-state index contributed by atoms with van der Waals surface area (Å²) in [6.45, 7) is 6.34. The molecule has 1 aromatic carbocycles. The maximum atomic E-state index is 8.65. The summed E-state index contributed by atoms with van der Waals surface area (Å²) >= 11 is 0. The lowest BCUT2D eigenvalue weighted by Gasteiger charge is -2.14. The summed E-state index contributed by atoms with van der Waals surface area (Å²) in [6, 6.07) is 4.18. The Morgan fingerprint density at radius 2 is 1.95 bits per heavy atom. The minimum atomic E-state index is 0.0214. The van der Waals surface area contributed by atoms with E-state index in [1.54, 1.807) is 0 Å². The number of nitrogens with one attached hydrogen (secondary N) is 1. The summed E-state index contributed by atoms with van der Waals surface area (Å²) < 4.78 is 21.7. The first-order valence-corrected chi connectivity index (χ1v) is 7.18. The van der Waals surface area contributed by atoms with E-state index in [1.807, 2.05) is 12.1 Å². The first kappa shape index (κ1) is 15.9. The average molecular weight is 297 g/mol. The molecule has 0 saturated carbocycles. The van der Waals surface area contributed by atoms with E-state index in [9.17, 15) is 0 Å². The van der Waals surface area contributed by atoms with E-state index < -0.39 is 0 Å². The Morgan fingerprint density at radius 1 is 1.19 bits per heavy atom. The number of benzene rings is 1. The Bertz CT molecular complexity index is 450. The van der Waals surface area contributed by atoms with Crippen molar-refractivity contribution in [2.75, 3.05) is 33.2 Å². The molecule has 0 amide bonds. The molecule has 0 bridgehead atoms. The highest BCUT2D eigenvalue weighted by Gasteiger charge is 2.18. The fraction of sp³-hybridized carbons (Fsp3) is 0.600. The zero-order valence-electron chi connectivity index (χ0n) is 12.6. The molecule has 0 aromatic heterocycles. The van der Waals surface area contributed by atoms with Gasteiger partial charge in [-0.15, -0.1) is 0 Å². The van der Waals surface area contributed by atoms with Gasteiger partial charge in [-0.1, -0.05) is 13.8 Å². The van der Waals surface area contributed by atoms with Crippen molar-refractivity contribution in [2.45, 2.75) is 26.4 Å².